The van der Waals surface area contributed by atoms with Gasteiger partial charge in [-0.2, -0.15) is 0 Å². The van der Waals surface area contributed by atoms with Crippen molar-refractivity contribution in [1.29, 1.82) is 0 Å². The SMILES string of the molecule is CC(C)N(CC(=O)N(Cc1cccn1Cc1ccc(F)cc1)C1CCCCC1)C(=O)c1cc(Cl)cc(Cl)c1. The zero-order valence-corrected chi connectivity index (χ0v) is 23.4. The Hall–Kier alpha value is -2.83. The number of benzene rings is 2. The Morgan fingerprint density at radius 1 is 1.00 bits per heavy atom. The largest absolute Gasteiger partial charge is 0.345 e. The van der Waals surface area contributed by atoms with E-state index < -0.39 is 0 Å². The first-order valence-corrected chi connectivity index (χ1v) is 13.9. The van der Waals surface area contributed by atoms with Crippen LogP contribution in [0.25, 0.3) is 0 Å². The predicted octanol–water partition coefficient (Wildman–Crippen LogP) is 7.19. The third kappa shape index (κ3) is 7.17. The maximum absolute atomic E-state index is 13.9. The van der Waals surface area contributed by atoms with Gasteiger partial charge in [-0.15, -0.1) is 0 Å². The van der Waals surface area contributed by atoms with Crippen molar-refractivity contribution in [2.45, 2.75) is 71.1 Å². The van der Waals surface area contributed by atoms with Gasteiger partial charge in [0.05, 0.1) is 6.54 Å². The fraction of sp³-hybridized carbons (Fsp3) is 0.400. The van der Waals surface area contributed by atoms with Crippen LogP contribution in [0.5, 0.6) is 0 Å². The lowest BCUT2D eigenvalue weighted by atomic mass is 9.94. The number of halogens is 3. The van der Waals surface area contributed by atoms with Crippen LogP contribution in [0.2, 0.25) is 10.0 Å². The Morgan fingerprint density at radius 3 is 2.29 bits per heavy atom. The lowest BCUT2D eigenvalue weighted by Crippen LogP contribution is -2.49. The summed E-state index contributed by atoms with van der Waals surface area (Å²) >= 11 is 12.3. The van der Waals surface area contributed by atoms with E-state index in [0.29, 0.717) is 28.7 Å². The molecule has 0 radical (unpaired) electrons. The summed E-state index contributed by atoms with van der Waals surface area (Å²) in [5.74, 6) is -0.623. The highest BCUT2D eigenvalue weighted by Gasteiger charge is 2.30. The van der Waals surface area contributed by atoms with Crippen LogP contribution in [0.3, 0.4) is 0 Å². The van der Waals surface area contributed by atoms with Gasteiger partial charge >= 0.3 is 0 Å². The molecule has 0 unspecified atom stereocenters. The summed E-state index contributed by atoms with van der Waals surface area (Å²) < 4.78 is 15.5. The van der Waals surface area contributed by atoms with E-state index in [2.05, 4.69) is 4.57 Å². The first kappa shape index (κ1) is 28.2. The van der Waals surface area contributed by atoms with Crippen LogP contribution in [0.15, 0.2) is 60.8 Å². The van der Waals surface area contributed by atoms with Crippen LogP contribution in [0, 0.1) is 5.82 Å². The van der Waals surface area contributed by atoms with E-state index in [-0.39, 0.29) is 36.3 Å². The Balaban J connectivity index is 1.56. The van der Waals surface area contributed by atoms with Crippen molar-refractivity contribution in [2.24, 2.45) is 0 Å². The summed E-state index contributed by atoms with van der Waals surface area (Å²) in [5, 5.41) is 0.753. The summed E-state index contributed by atoms with van der Waals surface area (Å²) in [6.45, 7) is 4.80. The van der Waals surface area contributed by atoms with Crippen LogP contribution in [0.4, 0.5) is 4.39 Å². The van der Waals surface area contributed by atoms with E-state index in [0.717, 1.165) is 36.9 Å². The van der Waals surface area contributed by atoms with Crippen LogP contribution in [-0.4, -0.2) is 44.8 Å². The van der Waals surface area contributed by atoms with Crippen molar-refractivity contribution >= 4 is 35.0 Å². The lowest BCUT2D eigenvalue weighted by Gasteiger charge is -2.37. The van der Waals surface area contributed by atoms with Gasteiger partial charge in [0, 0.05) is 46.1 Å². The minimum Gasteiger partial charge on any atom is -0.345 e. The molecule has 3 aromatic rings. The number of aromatic nitrogens is 1. The van der Waals surface area contributed by atoms with Gasteiger partial charge in [0.15, 0.2) is 0 Å². The Morgan fingerprint density at radius 2 is 1.66 bits per heavy atom. The normalized spacial score (nSPS) is 14.1. The quantitative estimate of drug-likeness (QED) is 0.279. The molecule has 1 heterocycles. The van der Waals surface area contributed by atoms with E-state index in [1.807, 2.05) is 37.1 Å². The summed E-state index contributed by atoms with van der Waals surface area (Å²) in [5.41, 5.74) is 2.34. The maximum atomic E-state index is 13.9. The zero-order valence-electron chi connectivity index (χ0n) is 21.9. The van der Waals surface area contributed by atoms with Gasteiger partial charge in [-0.1, -0.05) is 54.6 Å². The molecule has 0 aliphatic heterocycles. The molecule has 4 rings (SSSR count). The summed E-state index contributed by atoms with van der Waals surface area (Å²) in [4.78, 5) is 30.8. The maximum Gasteiger partial charge on any atom is 0.254 e. The van der Waals surface area contributed by atoms with Crippen molar-refractivity contribution in [2.75, 3.05) is 6.54 Å². The molecule has 38 heavy (non-hydrogen) atoms. The van der Waals surface area contributed by atoms with Gasteiger partial charge in [0.25, 0.3) is 5.91 Å². The van der Waals surface area contributed by atoms with Gasteiger partial charge in [-0.05, 0) is 74.7 Å². The molecule has 1 fully saturated rings. The molecular weight excluding hydrogens is 524 g/mol. The van der Waals surface area contributed by atoms with Crippen molar-refractivity contribution < 1.29 is 14.0 Å². The van der Waals surface area contributed by atoms with Gasteiger partial charge in [0.1, 0.15) is 12.4 Å². The number of amides is 2. The second-order valence-corrected chi connectivity index (χ2v) is 11.1. The van der Waals surface area contributed by atoms with Gasteiger partial charge in [-0.25, -0.2) is 4.39 Å². The molecule has 1 aromatic heterocycles. The molecule has 2 aromatic carbocycles. The highest BCUT2D eigenvalue weighted by molar-refractivity contribution is 6.35. The minimum atomic E-state index is -0.277. The fourth-order valence-electron chi connectivity index (χ4n) is 5.09. The molecule has 5 nitrogen and oxygen atoms in total. The molecular formula is C30H34Cl2FN3O2. The molecule has 1 aliphatic carbocycles. The fourth-order valence-corrected chi connectivity index (χ4v) is 5.62. The number of hydrogen-bond acceptors (Lipinski definition) is 2. The Labute approximate surface area is 234 Å². The molecule has 2 amide bonds. The van der Waals surface area contributed by atoms with E-state index in [1.54, 1.807) is 35.2 Å². The minimum absolute atomic E-state index is 0.0319. The van der Waals surface area contributed by atoms with Crippen molar-refractivity contribution in [3.63, 3.8) is 0 Å². The third-order valence-corrected chi connectivity index (χ3v) is 7.59. The highest BCUT2D eigenvalue weighted by Crippen LogP contribution is 2.26. The van der Waals surface area contributed by atoms with Crippen molar-refractivity contribution in [3.8, 4) is 0 Å². The smallest absolute Gasteiger partial charge is 0.254 e. The Bertz CT molecular complexity index is 1230. The van der Waals surface area contributed by atoms with Crippen molar-refractivity contribution in [1.82, 2.24) is 14.4 Å². The average Bonchev–Trinajstić information content (AvgIpc) is 3.32. The van der Waals surface area contributed by atoms with E-state index in [4.69, 9.17) is 23.2 Å². The first-order chi connectivity index (χ1) is 18.2. The lowest BCUT2D eigenvalue weighted by molar-refractivity contribution is -0.136. The van der Waals surface area contributed by atoms with Crippen molar-refractivity contribution in [3.05, 3.63) is 93.5 Å². The van der Waals surface area contributed by atoms with E-state index in [1.165, 1.54) is 18.6 Å². The monoisotopic (exact) mass is 557 g/mol. The molecule has 0 atom stereocenters. The predicted molar refractivity (Wildman–Crippen MR) is 150 cm³/mol. The van der Waals surface area contributed by atoms with Crippen LogP contribution >= 0.6 is 23.2 Å². The third-order valence-electron chi connectivity index (χ3n) is 7.16. The van der Waals surface area contributed by atoms with E-state index in [9.17, 15) is 14.0 Å². The molecule has 1 saturated carbocycles. The van der Waals surface area contributed by atoms with Gasteiger partial charge in [0.2, 0.25) is 5.91 Å². The average molecular weight is 559 g/mol. The van der Waals surface area contributed by atoms with Crippen LogP contribution in [0.1, 0.15) is 67.6 Å². The van der Waals surface area contributed by atoms with Gasteiger partial charge < -0.3 is 14.4 Å². The molecule has 1 aliphatic rings. The molecule has 0 saturated heterocycles. The molecule has 0 bridgehead atoms. The summed E-state index contributed by atoms with van der Waals surface area (Å²) in [6, 6.07) is 15.1. The second kappa shape index (κ2) is 12.8. The van der Waals surface area contributed by atoms with E-state index >= 15 is 0 Å². The van der Waals surface area contributed by atoms with Gasteiger partial charge in [-0.3, -0.25) is 9.59 Å². The second-order valence-electron chi connectivity index (χ2n) is 10.3. The number of nitrogens with zero attached hydrogens (tertiary/aromatic N) is 3. The number of hydrogen-bond donors (Lipinski definition) is 0. The molecule has 0 N–H and O–H groups in total. The van der Waals surface area contributed by atoms with Crippen LogP contribution in [-0.2, 0) is 17.9 Å². The molecule has 8 heteroatoms. The summed E-state index contributed by atoms with van der Waals surface area (Å²) in [6.07, 6.45) is 7.21. The van der Waals surface area contributed by atoms with Crippen LogP contribution < -0.4 is 0 Å². The highest BCUT2D eigenvalue weighted by atomic mass is 35.5. The standard InChI is InChI=1S/C30H34Cl2FN3O2/c1-21(2)35(30(38)23-15-24(31)17-25(32)16-23)20-29(37)36(27-7-4-3-5-8-27)19-28-9-6-14-34(28)18-22-10-12-26(33)13-11-22/h6,9-17,21,27H,3-5,7-8,18-20H2,1-2H3. The zero-order chi connectivity index (χ0) is 27.2. The number of carbonyl (C=O) groups excluding carboxylic acids is 2. The number of rotatable bonds is 9. The Kier molecular flexibility index (Phi) is 9.50. The molecule has 0 spiro atoms. The topological polar surface area (TPSA) is 45.6 Å². The number of carbonyl (C=O) groups is 2. The first-order valence-electron chi connectivity index (χ1n) is 13.2. The summed E-state index contributed by atoms with van der Waals surface area (Å²) in [7, 11) is 0. The molecule has 202 valence electrons.